The van der Waals surface area contributed by atoms with Crippen LogP contribution in [0.5, 0.6) is 0 Å². The molecule has 20 heavy (non-hydrogen) atoms. The van der Waals surface area contributed by atoms with Gasteiger partial charge in [-0.3, -0.25) is 14.4 Å². The molecule has 1 atom stereocenters. The van der Waals surface area contributed by atoms with Crippen LogP contribution in [0.25, 0.3) is 0 Å². The van der Waals surface area contributed by atoms with Crippen LogP contribution in [0.2, 0.25) is 0 Å². The number of unbranched alkanes of at least 4 members (excludes halogenated alkanes) is 2. The number of para-hydroxylation sites is 1. The zero-order chi connectivity index (χ0) is 14.5. The maximum absolute atomic E-state index is 12.1. The molecule has 5 nitrogen and oxygen atoms in total. The van der Waals surface area contributed by atoms with Crippen molar-refractivity contribution in [3.05, 3.63) is 29.8 Å². The number of Topliss-reactive ketones (excluding diaryl/α,β-unsaturated/α-hetero) is 1. The second kappa shape index (κ2) is 6.32. The Bertz CT molecular complexity index is 540. The summed E-state index contributed by atoms with van der Waals surface area (Å²) in [6.07, 6.45) is 2.88. The number of carbonyl (C=O) groups excluding carboxylic acids is 3. The lowest BCUT2D eigenvalue weighted by molar-refractivity contribution is -0.140. The zero-order valence-electron chi connectivity index (χ0n) is 11.4. The minimum absolute atomic E-state index is 0.431. The number of carbonyl (C=O) groups is 3. The molecule has 0 unspecified atom stereocenters. The molecule has 2 N–H and O–H groups in total. The summed E-state index contributed by atoms with van der Waals surface area (Å²) in [5, 5.41) is 5.20. The Morgan fingerprint density at radius 1 is 1.25 bits per heavy atom. The fourth-order valence-corrected chi connectivity index (χ4v) is 2.26. The van der Waals surface area contributed by atoms with E-state index >= 15 is 0 Å². The Morgan fingerprint density at radius 2 is 2.00 bits per heavy atom. The van der Waals surface area contributed by atoms with E-state index in [1.54, 1.807) is 24.3 Å². The number of hydrogen-bond donors (Lipinski definition) is 2. The zero-order valence-corrected chi connectivity index (χ0v) is 11.4. The van der Waals surface area contributed by atoms with Crippen molar-refractivity contribution in [2.24, 2.45) is 0 Å². The van der Waals surface area contributed by atoms with Crippen LogP contribution in [0.4, 0.5) is 5.69 Å². The van der Waals surface area contributed by atoms with Crippen molar-refractivity contribution in [3.8, 4) is 0 Å². The third-order valence-electron chi connectivity index (χ3n) is 3.34. The molecule has 0 saturated carbocycles. The van der Waals surface area contributed by atoms with Gasteiger partial charge in [0.25, 0.3) is 5.91 Å². The van der Waals surface area contributed by atoms with E-state index in [-0.39, 0.29) is 0 Å². The van der Waals surface area contributed by atoms with Gasteiger partial charge in [-0.1, -0.05) is 38.0 Å². The molecule has 0 radical (unpaired) electrons. The van der Waals surface area contributed by atoms with Crippen molar-refractivity contribution >= 4 is 23.3 Å². The minimum Gasteiger partial charge on any atom is -0.349 e. The largest absolute Gasteiger partial charge is 0.349 e. The highest BCUT2D eigenvalue weighted by Crippen LogP contribution is 2.32. The van der Waals surface area contributed by atoms with Gasteiger partial charge in [0.15, 0.2) is 0 Å². The predicted molar refractivity (Wildman–Crippen MR) is 75.4 cm³/mol. The van der Waals surface area contributed by atoms with Crippen molar-refractivity contribution in [2.75, 3.05) is 11.9 Å². The lowest BCUT2D eigenvalue weighted by Crippen LogP contribution is -2.37. The average Bonchev–Trinajstić information content (AvgIpc) is 2.78. The number of hydrogen-bond acceptors (Lipinski definition) is 3. The molecule has 1 heterocycles. The summed E-state index contributed by atoms with van der Waals surface area (Å²) in [4.78, 5) is 35.8. The summed E-state index contributed by atoms with van der Waals surface area (Å²) in [5.74, 6) is -2.82. The first-order valence-electron chi connectivity index (χ1n) is 6.87. The maximum Gasteiger partial charge on any atom is 0.288 e. The summed E-state index contributed by atoms with van der Waals surface area (Å²) in [7, 11) is 0. The molecule has 0 aromatic heterocycles. The Labute approximate surface area is 117 Å². The molecule has 0 fully saturated rings. The number of nitrogens with one attached hydrogen (secondary N) is 2. The molecule has 1 aromatic rings. The number of rotatable bonds is 6. The quantitative estimate of drug-likeness (QED) is 0.470. The van der Waals surface area contributed by atoms with Crippen molar-refractivity contribution in [1.82, 2.24) is 5.32 Å². The first-order chi connectivity index (χ1) is 9.65. The van der Waals surface area contributed by atoms with E-state index in [1.807, 2.05) is 0 Å². The minimum atomic E-state index is -1.02. The summed E-state index contributed by atoms with van der Waals surface area (Å²) in [5.41, 5.74) is 1.18. The normalized spacial score (nSPS) is 16.4. The van der Waals surface area contributed by atoms with Gasteiger partial charge >= 0.3 is 0 Å². The Kier molecular flexibility index (Phi) is 4.50. The van der Waals surface area contributed by atoms with E-state index in [1.165, 1.54) is 0 Å². The van der Waals surface area contributed by atoms with Crippen molar-refractivity contribution < 1.29 is 14.4 Å². The van der Waals surface area contributed by atoms with E-state index < -0.39 is 23.5 Å². The van der Waals surface area contributed by atoms with Crippen LogP contribution in [-0.2, 0) is 14.4 Å². The van der Waals surface area contributed by atoms with Crippen LogP contribution in [0, 0.1) is 0 Å². The Balaban J connectivity index is 2.02. The van der Waals surface area contributed by atoms with Gasteiger partial charge in [-0.2, -0.15) is 0 Å². The second-order valence-electron chi connectivity index (χ2n) is 4.84. The fraction of sp³-hybridized carbons (Fsp3) is 0.400. The monoisotopic (exact) mass is 274 g/mol. The number of anilines is 1. The Hall–Kier alpha value is -2.17. The second-order valence-corrected chi connectivity index (χ2v) is 4.84. The van der Waals surface area contributed by atoms with Gasteiger partial charge in [0.05, 0.1) is 0 Å². The molecule has 0 bridgehead atoms. The van der Waals surface area contributed by atoms with Gasteiger partial charge in [0.2, 0.25) is 11.7 Å². The number of benzene rings is 1. The molecular weight excluding hydrogens is 256 g/mol. The lowest BCUT2D eigenvalue weighted by Gasteiger charge is -2.08. The highest BCUT2D eigenvalue weighted by atomic mass is 16.2. The Morgan fingerprint density at radius 3 is 2.75 bits per heavy atom. The molecule has 106 valence electrons. The highest BCUT2D eigenvalue weighted by Gasteiger charge is 2.39. The molecule has 0 aliphatic carbocycles. The standard InChI is InChI=1S/C15H18N2O3/c1-2-3-6-9-16-15(20)13(18)12-10-7-4-5-8-11(10)17-14(12)19/h4-5,7-8,12H,2-3,6,9H2,1H3,(H,16,20)(H,17,19)/t12-/m0/s1. The van der Waals surface area contributed by atoms with E-state index in [0.29, 0.717) is 17.8 Å². The van der Waals surface area contributed by atoms with Crippen molar-refractivity contribution in [2.45, 2.75) is 32.1 Å². The van der Waals surface area contributed by atoms with Gasteiger partial charge in [-0.05, 0) is 18.1 Å². The SMILES string of the molecule is CCCCCNC(=O)C(=O)[C@H]1C(=O)Nc2ccccc21. The molecule has 2 rings (SSSR count). The smallest absolute Gasteiger partial charge is 0.288 e. The molecule has 1 aromatic carbocycles. The van der Waals surface area contributed by atoms with Crippen LogP contribution >= 0.6 is 0 Å². The van der Waals surface area contributed by atoms with Crippen LogP contribution in [-0.4, -0.2) is 24.1 Å². The van der Waals surface area contributed by atoms with Crippen molar-refractivity contribution in [3.63, 3.8) is 0 Å². The molecule has 0 spiro atoms. The van der Waals surface area contributed by atoms with Gasteiger partial charge in [0.1, 0.15) is 5.92 Å². The molecule has 5 heteroatoms. The van der Waals surface area contributed by atoms with Crippen LogP contribution in [0.3, 0.4) is 0 Å². The van der Waals surface area contributed by atoms with E-state index in [2.05, 4.69) is 17.6 Å². The van der Waals surface area contributed by atoms with E-state index in [4.69, 9.17) is 0 Å². The van der Waals surface area contributed by atoms with E-state index in [0.717, 1.165) is 19.3 Å². The highest BCUT2D eigenvalue weighted by molar-refractivity contribution is 6.44. The topological polar surface area (TPSA) is 75.3 Å². The number of fused-ring (bicyclic) bond motifs is 1. The third kappa shape index (κ3) is 2.87. The fourth-order valence-electron chi connectivity index (χ4n) is 2.26. The molecule has 0 saturated heterocycles. The predicted octanol–water partition coefficient (Wildman–Crippen LogP) is 1.60. The first kappa shape index (κ1) is 14.2. The maximum atomic E-state index is 12.1. The molecular formula is C15H18N2O3. The molecule has 1 aliphatic rings. The van der Waals surface area contributed by atoms with Gasteiger partial charge in [-0.15, -0.1) is 0 Å². The summed E-state index contributed by atoms with van der Waals surface area (Å²) >= 11 is 0. The molecule has 2 amide bonds. The van der Waals surface area contributed by atoms with Gasteiger partial charge in [0, 0.05) is 12.2 Å². The molecule has 1 aliphatic heterocycles. The summed E-state index contributed by atoms with van der Waals surface area (Å²) in [6.45, 7) is 2.53. The first-order valence-corrected chi connectivity index (χ1v) is 6.87. The lowest BCUT2D eigenvalue weighted by atomic mass is 9.95. The van der Waals surface area contributed by atoms with Crippen LogP contribution in [0.1, 0.15) is 37.7 Å². The van der Waals surface area contributed by atoms with Crippen LogP contribution < -0.4 is 10.6 Å². The number of ketones is 1. The van der Waals surface area contributed by atoms with E-state index in [9.17, 15) is 14.4 Å². The summed E-state index contributed by atoms with van der Waals surface area (Å²) in [6, 6.07) is 6.94. The van der Waals surface area contributed by atoms with Gasteiger partial charge in [-0.25, -0.2) is 0 Å². The third-order valence-corrected chi connectivity index (χ3v) is 3.34. The average molecular weight is 274 g/mol. The van der Waals surface area contributed by atoms with Gasteiger partial charge < -0.3 is 10.6 Å². The van der Waals surface area contributed by atoms with Crippen LogP contribution in [0.15, 0.2) is 24.3 Å². The van der Waals surface area contributed by atoms with Crippen molar-refractivity contribution in [1.29, 1.82) is 0 Å². The summed E-state index contributed by atoms with van der Waals surface area (Å²) < 4.78 is 0. The number of amides is 2.